The van der Waals surface area contributed by atoms with Crippen LogP contribution in [0.2, 0.25) is 0 Å². The third-order valence-corrected chi connectivity index (χ3v) is 4.60. The maximum Gasteiger partial charge on any atom is 0.322 e. The van der Waals surface area contributed by atoms with Gasteiger partial charge in [-0.25, -0.2) is 4.79 Å². The van der Waals surface area contributed by atoms with Crippen LogP contribution in [0.25, 0.3) is 0 Å². The number of nitrogens with zero attached hydrogens (tertiary/aromatic N) is 1. The van der Waals surface area contributed by atoms with Gasteiger partial charge in [0, 0.05) is 18.8 Å². The molecule has 1 saturated heterocycles. The quantitative estimate of drug-likeness (QED) is 0.624. The van der Waals surface area contributed by atoms with E-state index in [0.717, 1.165) is 22.4 Å². The van der Waals surface area contributed by atoms with E-state index in [2.05, 4.69) is 5.32 Å². The van der Waals surface area contributed by atoms with Gasteiger partial charge in [0.05, 0.1) is 6.04 Å². The number of rotatable bonds is 6. The van der Waals surface area contributed by atoms with Crippen molar-refractivity contribution in [1.29, 1.82) is 0 Å². The monoisotopic (exact) mass is 354 g/mol. The topological polar surface area (TPSA) is 122 Å². The highest BCUT2D eigenvalue weighted by atomic mass is 16.4. The Kier molecular flexibility index (Phi) is 5.20. The van der Waals surface area contributed by atoms with Gasteiger partial charge in [0.15, 0.2) is 0 Å². The van der Waals surface area contributed by atoms with E-state index in [1.807, 2.05) is 48.5 Å². The Hall–Kier alpha value is -2.90. The molecule has 2 aromatic carbocycles. The molecule has 1 aliphatic heterocycles. The number of carboxylic acids is 1. The van der Waals surface area contributed by atoms with Crippen LogP contribution in [-0.4, -0.2) is 29.7 Å². The van der Waals surface area contributed by atoms with E-state index in [1.54, 1.807) is 4.90 Å². The molecule has 1 aliphatic rings. The zero-order valence-electron chi connectivity index (χ0n) is 14.3. The molecule has 7 nitrogen and oxygen atoms in total. The largest absolute Gasteiger partial charge is 0.480 e. The fourth-order valence-electron chi connectivity index (χ4n) is 3.21. The summed E-state index contributed by atoms with van der Waals surface area (Å²) in [6.45, 7) is 0.878. The lowest BCUT2D eigenvalue weighted by atomic mass is 9.95. The molecule has 2 amide bonds. The minimum absolute atomic E-state index is 0.187. The number of carbonyl (C=O) groups excluding carboxylic acids is 1. The summed E-state index contributed by atoms with van der Waals surface area (Å²) in [5.74, 6) is -1.05. The third kappa shape index (κ3) is 3.54. The molecule has 0 saturated carbocycles. The molecule has 1 fully saturated rings. The lowest BCUT2D eigenvalue weighted by Gasteiger charge is -2.26. The molecule has 26 heavy (non-hydrogen) atoms. The number of hydrogen-bond acceptors (Lipinski definition) is 4. The number of benzene rings is 2. The van der Waals surface area contributed by atoms with Gasteiger partial charge in [0.25, 0.3) is 0 Å². The number of nitrogens with one attached hydrogen (secondary N) is 1. The van der Waals surface area contributed by atoms with Crippen molar-refractivity contribution in [1.82, 2.24) is 5.32 Å². The molecular weight excluding hydrogens is 332 g/mol. The van der Waals surface area contributed by atoms with Crippen LogP contribution in [0.3, 0.4) is 0 Å². The number of nitrogens with two attached hydrogens (primary N) is 2. The van der Waals surface area contributed by atoms with E-state index < -0.39 is 12.0 Å². The summed E-state index contributed by atoms with van der Waals surface area (Å²) in [5, 5.41) is 12.0. The second-order valence-electron chi connectivity index (χ2n) is 6.29. The summed E-state index contributed by atoms with van der Waals surface area (Å²) in [6, 6.07) is 13.6. The van der Waals surface area contributed by atoms with Gasteiger partial charge >= 0.3 is 12.0 Å². The molecule has 2 aromatic rings. The molecule has 0 spiro atoms. The second-order valence-corrected chi connectivity index (χ2v) is 6.29. The number of carboxylic acid groups (broad SMARTS) is 1. The average Bonchev–Trinajstić information content (AvgIpc) is 3.03. The molecule has 7 heteroatoms. The van der Waals surface area contributed by atoms with Gasteiger partial charge in [-0.3, -0.25) is 9.69 Å². The van der Waals surface area contributed by atoms with Gasteiger partial charge in [-0.15, -0.1) is 0 Å². The third-order valence-electron chi connectivity index (χ3n) is 4.60. The molecule has 0 aliphatic carbocycles. The van der Waals surface area contributed by atoms with Crippen LogP contribution in [0.4, 0.5) is 10.5 Å². The van der Waals surface area contributed by atoms with E-state index in [-0.39, 0.29) is 18.5 Å². The number of amides is 2. The zero-order valence-corrected chi connectivity index (χ0v) is 14.3. The molecule has 0 bridgehead atoms. The molecule has 2 atom stereocenters. The van der Waals surface area contributed by atoms with Crippen LogP contribution in [0, 0.1) is 0 Å². The van der Waals surface area contributed by atoms with E-state index in [1.165, 1.54) is 0 Å². The summed E-state index contributed by atoms with van der Waals surface area (Å²) in [7, 11) is 0. The van der Waals surface area contributed by atoms with Crippen LogP contribution in [0.15, 0.2) is 48.5 Å². The van der Waals surface area contributed by atoms with Gasteiger partial charge in [0.2, 0.25) is 0 Å². The molecule has 3 rings (SSSR count). The van der Waals surface area contributed by atoms with E-state index in [9.17, 15) is 9.59 Å². The van der Waals surface area contributed by atoms with Crippen molar-refractivity contribution in [2.24, 2.45) is 11.5 Å². The maximum atomic E-state index is 12.4. The van der Waals surface area contributed by atoms with Crippen LogP contribution >= 0.6 is 0 Å². The van der Waals surface area contributed by atoms with E-state index in [4.69, 9.17) is 16.6 Å². The van der Waals surface area contributed by atoms with Crippen molar-refractivity contribution in [3.63, 3.8) is 0 Å². The Morgan fingerprint density at radius 1 is 1.23 bits per heavy atom. The van der Waals surface area contributed by atoms with Crippen LogP contribution in [0.5, 0.6) is 0 Å². The summed E-state index contributed by atoms with van der Waals surface area (Å²) >= 11 is 0. The van der Waals surface area contributed by atoms with Crippen LogP contribution < -0.4 is 21.7 Å². The predicted octanol–water partition coefficient (Wildman–Crippen LogP) is 1.37. The number of carbonyl (C=O) groups is 2. The van der Waals surface area contributed by atoms with Crippen molar-refractivity contribution in [3.8, 4) is 0 Å². The van der Waals surface area contributed by atoms with Crippen molar-refractivity contribution < 1.29 is 14.7 Å². The fourth-order valence-corrected chi connectivity index (χ4v) is 3.21. The van der Waals surface area contributed by atoms with Crippen LogP contribution in [0.1, 0.15) is 22.7 Å². The molecule has 2 unspecified atom stereocenters. The Labute approximate surface area is 151 Å². The van der Waals surface area contributed by atoms with Gasteiger partial charge in [0.1, 0.15) is 6.04 Å². The Morgan fingerprint density at radius 3 is 2.58 bits per heavy atom. The maximum absolute atomic E-state index is 12.4. The highest BCUT2D eigenvalue weighted by Crippen LogP contribution is 2.32. The first-order chi connectivity index (χ1) is 12.5. The van der Waals surface area contributed by atoms with E-state index in [0.29, 0.717) is 13.1 Å². The first kappa shape index (κ1) is 17.9. The molecule has 1 heterocycles. The normalized spacial score (nSPS) is 17.8. The zero-order chi connectivity index (χ0) is 18.7. The minimum atomic E-state index is -1.05. The number of urea groups is 1. The number of aliphatic carboxylic acids is 1. The lowest BCUT2D eigenvalue weighted by Crippen LogP contribution is -2.34. The highest BCUT2D eigenvalue weighted by Gasteiger charge is 2.34. The minimum Gasteiger partial charge on any atom is -0.480 e. The molecule has 136 valence electrons. The van der Waals surface area contributed by atoms with Gasteiger partial charge in [-0.05, 0) is 35.2 Å². The first-order valence-electron chi connectivity index (χ1n) is 8.43. The van der Waals surface area contributed by atoms with Crippen molar-refractivity contribution >= 4 is 17.7 Å². The van der Waals surface area contributed by atoms with Crippen LogP contribution in [-0.2, 0) is 17.8 Å². The molecule has 6 N–H and O–H groups in total. The van der Waals surface area contributed by atoms with E-state index >= 15 is 0 Å². The summed E-state index contributed by atoms with van der Waals surface area (Å²) in [5.41, 5.74) is 14.8. The molecule has 0 radical (unpaired) electrons. The summed E-state index contributed by atoms with van der Waals surface area (Å²) < 4.78 is 0. The van der Waals surface area contributed by atoms with Crippen molar-refractivity contribution in [2.45, 2.75) is 25.0 Å². The van der Waals surface area contributed by atoms with Gasteiger partial charge < -0.3 is 21.9 Å². The predicted molar refractivity (Wildman–Crippen MR) is 98.7 cm³/mol. The SMILES string of the molecule is NCc1ccc(N2C(=O)NCC2c2ccccc2CC(N)C(=O)O)cc1. The van der Waals surface area contributed by atoms with Crippen molar-refractivity contribution in [3.05, 3.63) is 65.2 Å². The summed E-state index contributed by atoms with van der Waals surface area (Å²) in [6.07, 6.45) is 0.205. The Bertz CT molecular complexity index is 807. The highest BCUT2D eigenvalue weighted by molar-refractivity contribution is 5.95. The Balaban J connectivity index is 1.94. The molecular formula is C19H22N4O3. The molecule has 0 aromatic heterocycles. The Morgan fingerprint density at radius 2 is 1.92 bits per heavy atom. The second kappa shape index (κ2) is 7.55. The summed E-state index contributed by atoms with van der Waals surface area (Å²) in [4.78, 5) is 25.2. The number of anilines is 1. The first-order valence-corrected chi connectivity index (χ1v) is 8.43. The lowest BCUT2D eigenvalue weighted by molar-refractivity contribution is -0.138. The van der Waals surface area contributed by atoms with Gasteiger partial charge in [-0.2, -0.15) is 0 Å². The smallest absolute Gasteiger partial charge is 0.322 e. The number of hydrogen-bond donors (Lipinski definition) is 4. The average molecular weight is 354 g/mol. The van der Waals surface area contributed by atoms with Gasteiger partial charge in [-0.1, -0.05) is 36.4 Å². The fraction of sp³-hybridized carbons (Fsp3) is 0.263. The standard InChI is InChI=1S/C19H22N4O3/c20-10-12-5-7-14(8-6-12)23-17(11-22-19(23)26)15-4-2-1-3-13(15)9-16(21)18(24)25/h1-8,16-17H,9-11,20-21H2,(H,22,26)(H,24,25). The van der Waals surface area contributed by atoms with Crippen molar-refractivity contribution in [2.75, 3.05) is 11.4 Å².